The van der Waals surface area contributed by atoms with Gasteiger partial charge in [0.15, 0.2) is 0 Å². The van der Waals surface area contributed by atoms with Gasteiger partial charge in [0.05, 0.1) is 5.69 Å². The monoisotopic (exact) mass is 307 g/mol. The van der Waals surface area contributed by atoms with E-state index in [1.807, 2.05) is 43.4 Å². The van der Waals surface area contributed by atoms with Crippen LogP contribution in [0.4, 0.5) is 0 Å². The molecule has 0 radical (unpaired) electrons. The summed E-state index contributed by atoms with van der Waals surface area (Å²) < 4.78 is 6.61. The average Bonchev–Trinajstić information content (AvgIpc) is 2.38. The van der Waals surface area contributed by atoms with E-state index in [0.717, 1.165) is 15.7 Å². The molecule has 0 aliphatic heterocycles. The van der Waals surface area contributed by atoms with E-state index in [0.29, 0.717) is 19.0 Å². The van der Waals surface area contributed by atoms with E-state index in [-0.39, 0.29) is 0 Å². The molecule has 18 heavy (non-hydrogen) atoms. The third kappa shape index (κ3) is 3.78. The highest BCUT2D eigenvalue weighted by Crippen LogP contribution is 2.13. The van der Waals surface area contributed by atoms with Crippen molar-refractivity contribution in [1.29, 1.82) is 0 Å². The SMILES string of the molecule is CNCc1ccc(OCc2cccc(Br)c2)nn1. The zero-order valence-electron chi connectivity index (χ0n) is 10.1. The maximum Gasteiger partial charge on any atom is 0.233 e. The minimum Gasteiger partial charge on any atom is -0.472 e. The fraction of sp³-hybridized carbons (Fsp3) is 0.231. The smallest absolute Gasteiger partial charge is 0.233 e. The molecule has 94 valence electrons. The summed E-state index contributed by atoms with van der Waals surface area (Å²) in [4.78, 5) is 0. The molecule has 5 heteroatoms. The Morgan fingerprint density at radius 1 is 1.22 bits per heavy atom. The molecule has 0 amide bonds. The van der Waals surface area contributed by atoms with Gasteiger partial charge in [0, 0.05) is 17.1 Å². The second-order valence-corrected chi connectivity index (χ2v) is 4.73. The van der Waals surface area contributed by atoms with E-state index in [1.165, 1.54) is 0 Å². The predicted molar refractivity (Wildman–Crippen MR) is 73.3 cm³/mol. The van der Waals surface area contributed by atoms with Crippen LogP contribution in [0, 0.1) is 0 Å². The number of benzene rings is 1. The molecule has 0 aliphatic carbocycles. The Morgan fingerprint density at radius 3 is 2.78 bits per heavy atom. The van der Waals surface area contributed by atoms with Crippen LogP contribution in [0.5, 0.6) is 5.88 Å². The Labute approximate surface area is 115 Å². The molecule has 4 nitrogen and oxygen atoms in total. The molecule has 2 rings (SSSR count). The molecule has 1 aromatic heterocycles. The molecule has 0 bridgehead atoms. The molecule has 0 atom stereocenters. The van der Waals surface area contributed by atoms with E-state index < -0.39 is 0 Å². The van der Waals surface area contributed by atoms with Crippen molar-refractivity contribution in [3.05, 3.63) is 52.1 Å². The Balaban J connectivity index is 1.93. The molecule has 0 fully saturated rings. The molecule has 2 aromatic rings. The highest BCUT2D eigenvalue weighted by molar-refractivity contribution is 9.10. The third-order valence-corrected chi connectivity index (χ3v) is 2.82. The quantitative estimate of drug-likeness (QED) is 0.922. The van der Waals surface area contributed by atoms with Crippen LogP contribution in [0.15, 0.2) is 40.9 Å². The zero-order valence-corrected chi connectivity index (χ0v) is 11.6. The van der Waals surface area contributed by atoms with Crippen LogP contribution in [0.3, 0.4) is 0 Å². The summed E-state index contributed by atoms with van der Waals surface area (Å²) in [5, 5.41) is 11.1. The summed E-state index contributed by atoms with van der Waals surface area (Å²) >= 11 is 3.42. The largest absolute Gasteiger partial charge is 0.472 e. The zero-order chi connectivity index (χ0) is 12.8. The first-order chi connectivity index (χ1) is 8.78. The molecule has 0 spiro atoms. The maximum atomic E-state index is 5.57. The van der Waals surface area contributed by atoms with Crippen LogP contribution in [-0.2, 0) is 13.2 Å². The van der Waals surface area contributed by atoms with Crippen LogP contribution in [0.1, 0.15) is 11.3 Å². The minimum absolute atomic E-state index is 0.486. The highest BCUT2D eigenvalue weighted by atomic mass is 79.9. The van der Waals surface area contributed by atoms with Crippen molar-refractivity contribution in [2.75, 3.05) is 7.05 Å². The molecule has 0 saturated carbocycles. The van der Waals surface area contributed by atoms with Gasteiger partial charge < -0.3 is 10.1 Å². The first-order valence-corrected chi connectivity index (χ1v) is 6.41. The third-order valence-electron chi connectivity index (χ3n) is 2.33. The average molecular weight is 308 g/mol. The lowest BCUT2D eigenvalue weighted by Crippen LogP contribution is -2.08. The van der Waals surface area contributed by atoms with Crippen molar-refractivity contribution in [3.63, 3.8) is 0 Å². The molecular formula is C13H14BrN3O. The Hall–Kier alpha value is -1.46. The number of halogens is 1. The van der Waals surface area contributed by atoms with Crippen LogP contribution in [0.25, 0.3) is 0 Å². The molecular weight excluding hydrogens is 294 g/mol. The Bertz CT molecular complexity index is 502. The number of aromatic nitrogens is 2. The maximum absolute atomic E-state index is 5.57. The molecule has 1 aromatic carbocycles. The van der Waals surface area contributed by atoms with Gasteiger partial charge in [-0.2, -0.15) is 5.10 Å². The summed E-state index contributed by atoms with van der Waals surface area (Å²) in [6.07, 6.45) is 0. The van der Waals surface area contributed by atoms with Gasteiger partial charge in [0.2, 0.25) is 5.88 Å². The van der Waals surface area contributed by atoms with Crippen LogP contribution in [0.2, 0.25) is 0 Å². The van der Waals surface area contributed by atoms with Gasteiger partial charge in [-0.15, -0.1) is 5.10 Å². The van der Waals surface area contributed by atoms with Crippen LogP contribution in [-0.4, -0.2) is 17.2 Å². The molecule has 0 unspecified atom stereocenters. The predicted octanol–water partition coefficient (Wildman–Crippen LogP) is 2.54. The number of nitrogens with zero attached hydrogens (tertiary/aromatic N) is 2. The van der Waals surface area contributed by atoms with E-state index in [4.69, 9.17) is 4.74 Å². The molecule has 0 saturated heterocycles. The Morgan fingerprint density at radius 2 is 2.11 bits per heavy atom. The van der Waals surface area contributed by atoms with Gasteiger partial charge in [-0.05, 0) is 30.8 Å². The van der Waals surface area contributed by atoms with Crippen molar-refractivity contribution in [3.8, 4) is 5.88 Å². The van der Waals surface area contributed by atoms with Crippen LogP contribution >= 0.6 is 15.9 Å². The van der Waals surface area contributed by atoms with Crippen molar-refractivity contribution in [2.24, 2.45) is 0 Å². The summed E-state index contributed by atoms with van der Waals surface area (Å²) in [6, 6.07) is 11.7. The van der Waals surface area contributed by atoms with Crippen molar-refractivity contribution in [1.82, 2.24) is 15.5 Å². The molecule has 1 heterocycles. The number of rotatable bonds is 5. The summed E-state index contributed by atoms with van der Waals surface area (Å²) in [5.74, 6) is 0.537. The van der Waals surface area contributed by atoms with Gasteiger partial charge in [0.1, 0.15) is 6.61 Å². The molecule has 0 aliphatic rings. The molecule has 1 N–H and O–H groups in total. The van der Waals surface area contributed by atoms with E-state index >= 15 is 0 Å². The van der Waals surface area contributed by atoms with E-state index in [1.54, 1.807) is 0 Å². The lowest BCUT2D eigenvalue weighted by atomic mass is 10.2. The summed E-state index contributed by atoms with van der Waals surface area (Å²) in [6.45, 7) is 1.19. The normalized spacial score (nSPS) is 10.3. The Kier molecular flexibility index (Phi) is 4.66. The van der Waals surface area contributed by atoms with Gasteiger partial charge in [0.25, 0.3) is 0 Å². The number of hydrogen-bond donors (Lipinski definition) is 1. The lowest BCUT2D eigenvalue weighted by Gasteiger charge is -2.05. The topological polar surface area (TPSA) is 47.0 Å². The van der Waals surface area contributed by atoms with Gasteiger partial charge in [-0.3, -0.25) is 0 Å². The first kappa shape index (κ1) is 13.0. The van der Waals surface area contributed by atoms with Gasteiger partial charge in [-0.1, -0.05) is 28.1 Å². The highest BCUT2D eigenvalue weighted by Gasteiger charge is 1.99. The number of nitrogens with one attached hydrogen (secondary N) is 1. The van der Waals surface area contributed by atoms with E-state index in [2.05, 4.69) is 31.4 Å². The van der Waals surface area contributed by atoms with Gasteiger partial charge >= 0.3 is 0 Å². The van der Waals surface area contributed by atoms with Crippen molar-refractivity contribution >= 4 is 15.9 Å². The van der Waals surface area contributed by atoms with E-state index in [9.17, 15) is 0 Å². The summed E-state index contributed by atoms with van der Waals surface area (Å²) in [5.41, 5.74) is 1.98. The first-order valence-electron chi connectivity index (χ1n) is 5.62. The number of hydrogen-bond acceptors (Lipinski definition) is 4. The lowest BCUT2D eigenvalue weighted by molar-refractivity contribution is 0.289. The minimum atomic E-state index is 0.486. The second-order valence-electron chi connectivity index (χ2n) is 3.81. The van der Waals surface area contributed by atoms with Crippen molar-refractivity contribution in [2.45, 2.75) is 13.2 Å². The standard InChI is InChI=1S/C13H14BrN3O/c1-15-8-12-5-6-13(17-16-12)18-9-10-3-2-4-11(14)7-10/h2-7,15H,8-9H2,1H3. The van der Waals surface area contributed by atoms with Crippen LogP contribution < -0.4 is 10.1 Å². The fourth-order valence-electron chi connectivity index (χ4n) is 1.48. The van der Waals surface area contributed by atoms with Crippen molar-refractivity contribution < 1.29 is 4.74 Å². The second kappa shape index (κ2) is 6.47. The number of ether oxygens (including phenoxy) is 1. The fourth-order valence-corrected chi connectivity index (χ4v) is 1.93. The summed E-state index contributed by atoms with van der Waals surface area (Å²) in [7, 11) is 1.87. The van der Waals surface area contributed by atoms with Gasteiger partial charge in [-0.25, -0.2) is 0 Å².